The van der Waals surface area contributed by atoms with E-state index >= 15 is 0 Å². The quantitative estimate of drug-likeness (QED) is 0.504. The van der Waals surface area contributed by atoms with E-state index in [0.29, 0.717) is 6.61 Å². The summed E-state index contributed by atoms with van der Waals surface area (Å²) in [5.74, 6) is -0.296. The van der Waals surface area contributed by atoms with Gasteiger partial charge >= 0.3 is 5.97 Å². The molecule has 0 fully saturated rings. The van der Waals surface area contributed by atoms with Gasteiger partial charge < -0.3 is 9.47 Å². The van der Waals surface area contributed by atoms with Gasteiger partial charge in [0.2, 0.25) is 0 Å². The summed E-state index contributed by atoms with van der Waals surface area (Å²) in [5.41, 5.74) is 0. The molecule has 0 aromatic heterocycles. The lowest BCUT2D eigenvalue weighted by molar-refractivity contribution is -0.141. The fourth-order valence-corrected chi connectivity index (χ4v) is 1.11. The second-order valence-corrected chi connectivity index (χ2v) is 2.92. The normalized spacial score (nSPS) is 20.8. The molecule has 1 atom stereocenters. The van der Waals surface area contributed by atoms with Gasteiger partial charge in [0, 0.05) is 6.21 Å². The molecule has 0 saturated heterocycles. The van der Waals surface area contributed by atoms with Crippen molar-refractivity contribution in [3.8, 4) is 0 Å². The number of hydrogen-bond acceptors (Lipinski definition) is 4. The van der Waals surface area contributed by atoms with Crippen molar-refractivity contribution in [2.45, 2.75) is 25.9 Å². The van der Waals surface area contributed by atoms with Crippen LogP contribution in [0.2, 0.25) is 0 Å². The third-order valence-corrected chi connectivity index (χ3v) is 1.76. The van der Waals surface area contributed by atoms with Crippen LogP contribution in [0.4, 0.5) is 0 Å². The molecular weight excluding hydrogens is 182 g/mol. The van der Waals surface area contributed by atoms with Crippen molar-refractivity contribution in [3.05, 3.63) is 12.3 Å². The molecule has 14 heavy (non-hydrogen) atoms. The lowest BCUT2D eigenvalue weighted by Gasteiger charge is -2.14. The number of esters is 1. The number of carbonyl (C=O) groups is 1. The molecule has 0 radical (unpaired) electrons. The average Bonchev–Trinajstić information content (AvgIpc) is 2.20. The van der Waals surface area contributed by atoms with Crippen LogP contribution in [0.5, 0.6) is 0 Å². The largest absolute Gasteiger partial charge is 0.493 e. The fourth-order valence-electron chi connectivity index (χ4n) is 1.11. The monoisotopic (exact) mass is 197 g/mol. The Hall–Kier alpha value is -1.32. The van der Waals surface area contributed by atoms with Crippen LogP contribution in [-0.4, -0.2) is 31.4 Å². The number of nitrogens with zero attached hydrogens (tertiary/aromatic N) is 1. The zero-order valence-corrected chi connectivity index (χ0v) is 8.31. The maximum Gasteiger partial charge on any atom is 0.327 e. The van der Waals surface area contributed by atoms with Gasteiger partial charge in [0.15, 0.2) is 0 Å². The standard InChI is InChI=1S/C10H15NO3/c1-2-13-10(12)8-11-7-9-5-3-4-6-14-9/h4,6-7,9H,2-3,5,8H2,1H3. The Kier molecular flexibility index (Phi) is 4.75. The van der Waals surface area contributed by atoms with Gasteiger partial charge in [-0.2, -0.15) is 0 Å². The second-order valence-electron chi connectivity index (χ2n) is 2.92. The SMILES string of the molecule is CCOC(=O)CN=CC1CCC=CO1. The van der Waals surface area contributed by atoms with Gasteiger partial charge in [-0.15, -0.1) is 0 Å². The van der Waals surface area contributed by atoms with Crippen molar-refractivity contribution >= 4 is 12.2 Å². The molecule has 0 aromatic carbocycles. The van der Waals surface area contributed by atoms with Gasteiger partial charge in [-0.3, -0.25) is 9.79 Å². The molecule has 1 aliphatic heterocycles. The molecule has 0 bridgehead atoms. The van der Waals surface area contributed by atoms with Crippen LogP contribution in [0.15, 0.2) is 17.3 Å². The molecular formula is C10H15NO3. The summed E-state index contributed by atoms with van der Waals surface area (Å²) in [6, 6.07) is 0. The van der Waals surface area contributed by atoms with E-state index in [9.17, 15) is 4.79 Å². The highest BCUT2D eigenvalue weighted by atomic mass is 16.5. The highest BCUT2D eigenvalue weighted by Gasteiger charge is 2.07. The number of carbonyl (C=O) groups excluding carboxylic acids is 1. The summed E-state index contributed by atoms with van der Waals surface area (Å²) in [7, 11) is 0. The van der Waals surface area contributed by atoms with E-state index in [-0.39, 0.29) is 18.6 Å². The van der Waals surface area contributed by atoms with Crippen molar-refractivity contribution in [1.82, 2.24) is 0 Å². The molecule has 0 saturated carbocycles. The van der Waals surface area contributed by atoms with Gasteiger partial charge in [-0.25, -0.2) is 0 Å². The molecule has 4 nitrogen and oxygen atoms in total. The molecule has 1 aliphatic rings. The third-order valence-electron chi connectivity index (χ3n) is 1.76. The lowest BCUT2D eigenvalue weighted by Crippen LogP contribution is -2.15. The Labute approximate surface area is 83.6 Å². The Balaban J connectivity index is 2.19. The summed E-state index contributed by atoms with van der Waals surface area (Å²) in [4.78, 5) is 14.8. The number of hydrogen-bond donors (Lipinski definition) is 0. The predicted octanol–water partition coefficient (Wildman–Crippen LogP) is 1.31. The van der Waals surface area contributed by atoms with E-state index < -0.39 is 0 Å². The van der Waals surface area contributed by atoms with E-state index in [2.05, 4.69) is 4.99 Å². The van der Waals surface area contributed by atoms with E-state index in [1.807, 2.05) is 6.08 Å². The molecule has 0 spiro atoms. The van der Waals surface area contributed by atoms with Crippen LogP contribution in [0.1, 0.15) is 19.8 Å². The minimum Gasteiger partial charge on any atom is -0.493 e. The summed E-state index contributed by atoms with van der Waals surface area (Å²) < 4.78 is 9.96. The second kappa shape index (κ2) is 6.18. The summed E-state index contributed by atoms with van der Waals surface area (Å²) in [5, 5.41) is 0. The molecule has 0 aromatic rings. The topological polar surface area (TPSA) is 47.9 Å². The van der Waals surface area contributed by atoms with Gasteiger partial charge in [-0.1, -0.05) is 0 Å². The summed E-state index contributed by atoms with van der Waals surface area (Å²) in [6.07, 6.45) is 7.23. The van der Waals surface area contributed by atoms with Crippen LogP contribution in [0.3, 0.4) is 0 Å². The molecule has 0 N–H and O–H groups in total. The van der Waals surface area contributed by atoms with E-state index in [1.165, 1.54) is 0 Å². The van der Waals surface area contributed by atoms with Crippen molar-refractivity contribution in [2.75, 3.05) is 13.2 Å². The van der Waals surface area contributed by atoms with E-state index in [0.717, 1.165) is 12.8 Å². The lowest BCUT2D eigenvalue weighted by atomic mass is 10.2. The Bertz CT molecular complexity index is 236. The zero-order valence-electron chi connectivity index (χ0n) is 8.31. The van der Waals surface area contributed by atoms with Crippen molar-refractivity contribution < 1.29 is 14.3 Å². The van der Waals surface area contributed by atoms with E-state index in [1.54, 1.807) is 19.4 Å². The number of rotatable bonds is 4. The molecule has 1 rings (SSSR count). The maximum atomic E-state index is 10.9. The van der Waals surface area contributed by atoms with Crippen LogP contribution in [0.25, 0.3) is 0 Å². The van der Waals surface area contributed by atoms with Gasteiger partial charge in [0.05, 0.1) is 12.9 Å². The molecule has 0 aliphatic carbocycles. The predicted molar refractivity (Wildman–Crippen MR) is 53.2 cm³/mol. The Morgan fingerprint density at radius 3 is 3.29 bits per heavy atom. The minimum atomic E-state index is -0.296. The minimum absolute atomic E-state index is 0.00873. The molecule has 1 heterocycles. The highest BCUT2D eigenvalue weighted by Crippen LogP contribution is 2.07. The summed E-state index contributed by atoms with van der Waals surface area (Å²) >= 11 is 0. The van der Waals surface area contributed by atoms with Crippen LogP contribution >= 0.6 is 0 Å². The van der Waals surface area contributed by atoms with Crippen molar-refractivity contribution in [3.63, 3.8) is 0 Å². The highest BCUT2D eigenvalue weighted by molar-refractivity contribution is 5.74. The number of allylic oxidation sites excluding steroid dienone is 1. The third kappa shape index (κ3) is 4.07. The van der Waals surface area contributed by atoms with Gasteiger partial charge in [0.1, 0.15) is 12.6 Å². The molecule has 4 heteroatoms. The number of aliphatic imine (C=N–C) groups is 1. The average molecular weight is 197 g/mol. The van der Waals surface area contributed by atoms with Crippen molar-refractivity contribution in [2.24, 2.45) is 4.99 Å². The zero-order chi connectivity index (χ0) is 10.2. The molecule has 78 valence electrons. The van der Waals surface area contributed by atoms with Crippen LogP contribution < -0.4 is 0 Å². The van der Waals surface area contributed by atoms with Crippen LogP contribution in [0, 0.1) is 0 Å². The first-order valence-electron chi connectivity index (χ1n) is 4.79. The van der Waals surface area contributed by atoms with Crippen molar-refractivity contribution in [1.29, 1.82) is 0 Å². The number of ether oxygens (including phenoxy) is 2. The first-order valence-corrected chi connectivity index (χ1v) is 4.79. The van der Waals surface area contributed by atoms with Crippen LogP contribution in [-0.2, 0) is 14.3 Å². The molecule has 1 unspecified atom stereocenters. The Morgan fingerprint density at radius 2 is 2.64 bits per heavy atom. The smallest absolute Gasteiger partial charge is 0.327 e. The fraction of sp³-hybridized carbons (Fsp3) is 0.600. The molecule has 0 amide bonds. The van der Waals surface area contributed by atoms with Gasteiger partial charge in [-0.05, 0) is 25.8 Å². The van der Waals surface area contributed by atoms with Gasteiger partial charge in [0.25, 0.3) is 0 Å². The maximum absolute atomic E-state index is 10.9. The Morgan fingerprint density at radius 1 is 1.79 bits per heavy atom. The summed E-state index contributed by atoms with van der Waals surface area (Å²) in [6.45, 7) is 2.26. The first-order chi connectivity index (χ1) is 6.83. The van der Waals surface area contributed by atoms with E-state index in [4.69, 9.17) is 9.47 Å². The first kappa shape index (κ1) is 10.8.